The molecule has 92 valence electrons. The van der Waals surface area contributed by atoms with E-state index in [1.54, 1.807) is 12.1 Å². The van der Waals surface area contributed by atoms with Crippen LogP contribution in [0, 0.1) is 13.8 Å². The molecule has 1 aromatic heterocycles. The fraction of sp³-hybridized carbons (Fsp3) is 0.143. The Morgan fingerprint density at radius 1 is 1.22 bits per heavy atom. The number of rotatable bonds is 3. The van der Waals surface area contributed by atoms with E-state index in [0.29, 0.717) is 11.1 Å². The van der Waals surface area contributed by atoms with Crippen molar-refractivity contribution in [1.82, 2.24) is 4.57 Å². The zero-order chi connectivity index (χ0) is 13.3. The van der Waals surface area contributed by atoms with Crippen molar-refractivity contribution in [3.8, 4) is 5.69 Å². The van der Waals surface area contributed by atoms with E-state index in [2.05, 4.69) is 0 Å². The average Bonchev–Trinajstić information content (AvgIpc) is 2.64. The Bertz CT molecular complexity index is 609. The number of carbonyl (C=O) groups is 2. The second-order valence-corrected chi connectivity index (χ2v) is 4.19. The minimum absolute atomic E-state index is 0.448. The molecule has 1 amide bonds. The van der Waals surface area contributed by atoms with E-state index in [0.717, 1.165) is 23.4 Å². The number of hydrogen-bond donors (Lipinski definition) is 1. The van der Waals surface area contributed by atoms with Crippen molar-refractivity contribution in [2.24, 2.45) is 5.73 Å². The van der Waals surface area contributed by atoms with E-state index in [9.17, 15) is 9.59 Å². The molecule has 2 N–H and O–H groups in total. The van der Waals surface area contributed by atoms with Crippen molar-refractivity contribution < 1.29 is 9.59 Å². The number of aldehydes is 1. The topological polar surface area (TPSA) is 65.1 Å². The molecule has 4 nitrogen and oxygen atoms in total. The van der Waals surface area contributed by atoms with Gasteiger partial charge in [-0.15, -0.1) is 0 Å². The molecule has 0 spiro atoms. The predicted octanol–water partition coefficient (Wildman–Crippen LogP) is 2.01. The van der Waals surface area contributed by atoms with Crippen molar-refractivity contribution in [2.75, 3.05) is 0 Å². The largest absolute Gasteiger partial charge is 0.366 e. The summed E-state index contributed by atoms with van der Waals surface area (Å²) in [4.78, 5) is 21.9. The highest BCUT2D eigenvalue weighted by Crippen LogP contribution is 2.19. The number of carbonyl (C=O) groups excluding carboxylic acids is 2. The van der Waals surface area contributed by atoms with Crippen LogP contribution >= 0.6 is 0 Å². The van der Waals surface area contributed by atoms with Crippen LogP contribution < -0.4 is 5.73 Å². The number of hydrogen-bond acceptors (Lipinski definition) is 2. The molecule has 0 aliphatic heterocycles. The van der Waals surface area contributed by atoms with Gasteiger partial charge in [-0.2, -0.15) is 0 Å². The van der Waals surface area contributed by atoms with E-state index >= 15 is 0 Å². The van der Waals surface area contributed by atoms with Gasteiger partial charge in [0.25, 0.3) is 0 Å². The highest BCUT2D eigenvalue weighted by Gasteiger charge is 2.10. The summed E-state index contributed by atoms with van der Waals surface area (Å²) < 4.78 is 1.97. The summed E-state index contributed by atoms with van der Waals surface area (Å²) in [6, 6.07) is 8.82. The molecule has 0 atom stereocenters. The molecule has 2 aromatic rings. The van der Waals surface area contributed by atoms with E-state index in [-0.39, 0.29) is 0 Å². The molecule has 0 saturated heterocycles. The summed E-state index contributed by atoms with van der Waals surface area (Å²) in [5.74, 6) is -0.448. The van der Waals surface area contributed by atoms with E-state index in [1.165, 1.54) is 0 Å². The van der Waals surface area contributed by atoms with Crippen LogP contribution in [0.3, 0.4) is 0 Å². The molecule has 2 rings (SSSR count). The van der Waals surface area contributed by atoms with Gasteiger partial charge in [0.1, 0.15) is 0 Å². The van der Waals surface area contributed by atoms with Crippen LogP contribution in [0.15, 0.2) is 30.3 Å². The number of amides is 1. The van der Waals surface area contributed by atoms with Crippen molar-refractivity contribution in [2.45, 2.75) is 13.8 Å². The third-order valence-electron chi connectivity index (χ3n) is 3.01. The zero-order valence-electron chi connectivity index (χ0n) is 10.3. The summed E-state index contributed by atoms with van der Waals surface area (Å²) in [7, 11) is 0. The lowest BCUT2D eigenvalue weighted by molar-refractivity contribution is 0.1000. The minimum Gasteiger partial charge on any atom is -0.366 e. The number of aryl methyl sites for hydroxylation is 1. The number of primary amides is 1. The predicted molar refractivity (Wildman–Crippen MR) is 69.1 cm³/mol. The van der Waals surface area contributed by atoms with Crippen LogP contribution in [0.25, 0.3) is 5.69 Å². The maximum absolute atomic E-state index is 11.0. The number of nitrogens with zero attached hydrogens (tertiary/aromatic N) is 1. The van der Waals surface area contributed by atoms with Gasteiger partial charge in [-0.3, -0.25) is 9.59 Å². The first kappa shape index (κ1) is 12.1. The summed E-state index contributed by atoms with van der Waals surface area (Å²) >= 11 is 0. The van der Waals surface area contributed by atoms with Crippen LogP contribution in [0.2, 0.25) is 0 Å². The molecule has 0 fully saturated rings. The van der Waals surface area contributed by atoms with Crippen LogP contribution in [0.1, 0.15) is 32.1 Å². The van der Waals surface area contributed by atoms with Gasteiger partial charge in [-0.05, 0) is 44.2 Å². The average molecular weight is 242 g/mol. The molecular weight excluding hydrogens is 228 g/mol. The quantitative estimate of drug-likeness (QED) is 0.837. The Morgan fingerprint density at radius 3 is 2.28 bits per heavy atom. The molecule has 0 saturated carbocycles. The number of benzene rings is 1. The third-order valence-corrected chi connectivity index (χ3v) is 3.01. The third kappa shape index (κ3) is 1.93. The van der Waals surface area contributed by atoms with Crippen LogP contribution in [0.5, 0.6) is 0 Å². The normalized spacial score (nSPS) is 10.3. The van der Waals surface area contributed by atoms with Gasteiger partial charge in [-0.25, -0.2) is 0 Å². The van der Waals surface area contributed by atoms with Crippen LogP contribution in [-0.2, 0) is 0 Å². The van der Waals surface area contributed by atoms with Crippen molar-refractivity contribution in [1.29, 1.82) is 0 Å². The van der Waals surface area contributed by atoms with Crippen molar-refractivity contribution in [3.63, 3.8) is 0 Å². The number of nitrogens with two attached hydrogens (primary N) is 1. The first-order chi connectivity index (χ1) is 8.54. The lowest BCUT2D eigenvalue weighted by Crippen LogP contribution is -2.10. The maximum atomic E-state index is 11.0. The smallest absolute Gasteiger partial charge is 0.248 e. The van der Waals surface area contributed by atoms with Gasteiger partial charge in [0.2, 0.25) is 5.91 Å². The summed E-state index contributed by atoms with van der Waals surface area (Å²) in [5.41, 5.74) is 9.10. The molecule has 1 aromatic carbocycles. The fourth-order valence-corrected chi connectivity index (χ4v) is 2.08. The van der Waals surface area contributed by atoms with E-state index in [4.69, 9.17) is 5.73 Å². The maximum Gasteiger partial charge on any atom is 0.248 e. The first-order valence-electron chi connectivity index (χ1n) is 5.59. The first-order valence-corrected chi connectivity index (χ1v) is 5.59. The van der Waals surface area contributed by atoms with Crippen molar-refractivity contribution >= 4 is 12.2 Å². The van der Waals surface area contributed by atoms with E-state index < -0.39 is 5.91 Å². The minimum atomic E-state index is -0.448. The van der Waals surface area contributed by atoms with Gasteiger partial charge in [-0.1, -0.05) is 0 Å². The lowest BCUT2D eigenvalue weighted by atomic mass is 10.2. The van der Waals surface area contributed by atoms with Gasteiger partial charge in [0.15, 0.2) is 6.29 Å². The zero-order valence-corrected chi connectivity index (χ0v) is 10.3. The molecular formula is C14H14N2O2. The Morgan fingerprint density at radius 2 is 1.83 bits per heavy atom. The molecule has 1 heterocycles. The van der Waals surface area contributed by atoms with Crippen LogP contribution in [0.4, 0.5) is 0 Å². The summed E-state index contributed by atoms with van der Waals surface area (Å²) in [6.45, 7) is 3.82. The summed E-state index contributed by atoms with van der Waals surface area (Å²) in [6.07, 6.45) is 0.844. The monoisotopic (exact) mass is 242 g/mol. The lowest BCUT2D eigenvalue weighted by Gasteiger charge is -2.09. The highest BCUT2D eigenvalue weighted by atomic mass is 16.1. The molecule has 0 aliphatic rings. The van der Waals surface area contributed by atoms with Gasteiger partial charge >= 0.3 is 0 Å². The Hall–Kier alpha value is -2.36. The van der Waals surface area contributed by atoms with E-state index in [1.807, 2.05) is 36.6 Å². The standard InChI is InChI=1S/C14H14N2O2/c1-9-7-12(8-17)10(2)16(9)13-5-3-11(4-6-13)14(15)18/h3-8H,1-2H3,(H2,15,18). The highest BCUT2D eigenvalue weighted by molar-refractivity contribution is 5.92. The van der Waals surface area contributed by atoms with Gasteiger partial charge in [0.05, 0.1) is 0 Å². The van der Waals surface area contributed by atoms with Gasteiger partial charge < -0.3 is 10.3 Å². The molecule has 0 bridgehead atoms. The second-order valence-electron chi connectivity index (χ2n) is 4.19. The number of aromatic nitrogens is 1. The Labute approximate surface area is 105 Å². The van der Waals surface area contributed by atoms with Gasteiger partial charge in [0, 0.05) is 28.2 Å². The molecule has 0 unspecified atom stereocenters. The molecule has 0 radical (unpaired) electrons. The Kier molecular flexibility index (Phi) is 3.02. The molecule has 4 heteroatoms. The SMILES string of the molecule is Cc1cc(C=O)c(C)n1-c1ccc(C(N)=O)cc1. The molecule has 18 heavy (non-hydrogen) atoms. The Balaban J connectivity index is 2.52. The fourth-order valence-electron chi connectivity index (χ4n) is 2.08. The van der Waals surface area contributed by atoms with Crippen molar-refractivity contribution in [3.05, 3.63) is 52.8 Å². The van der Waals surface area contributed by atoms with Crippen LogP contribution in [-0.4, -0.2) is 16.8 Å². The second kappa shape index (κ2) is 4.49. The molecule has 0 aliphatic carbocycles. The summed E-state index contributed by atoms with van der Waals surface area (Å²) in [5, 5.41) is 0.